The number of hydrogen-bond donors (Lipinski definition) is 0. The average Bonchev–Trinajstić information content (AvgIpc) is 2.25. The molecule has 0 spiro atoms. The number of hydrogen-bond acceptors (Lipinski definition) is 2. The molecule has 0 amide bonds. The van der Waals surface area contributed by atoms with Gasteiger partial charge in [-0.3, -0.25) is 0 Å². The van der Waals surface area contributed by atoms with Crippen molar-refractivity contribution in [3.8, 4) is 12.1 Å². The Labute approximate surface area is 97.1 Å². The summed E-state index contributed by atoms with van der Waals surface area (Å²) in [5, 5.41) is 18.1. The minimum absolute atomic E-state index is 0.0521. The van der Waals surface area contributed by atoms with Gasteiger partial charge >= 0.3 is 0 Å². The Kier molecular flexibility index (Phi) is 3.69. The van der Waals surface area contributed by atoms with Crippen LogP contribution < -0.4 is 0 Å². The predicted octanol–water partition coefficient (Wildman–Crippen LogP) is 3.48. The van der Waals surface area contributed by atoms with Crippen LogP contribution in [0.25, 0.3) is 0 Å². The summed E-state index contributed by atoms with van der Waals surface area (Å²) in [4.78, 5) is 0. The molecule has 0 saturated carbocycles. The van der Waals surface area contributed by atoms with Crippen LogP contribution in [0.5, 0.6) is 0 Å². The van der Waals surface area contributed by atoms with Crippen LogP contribution in [0.3, 0.4) is 0 Å². The van der Waals surface area contributed by atoms with Crippen molar-refractivity contribution in [1.29, 1.82) is 10.5 Å². The fourth-order valence-electron chi connectivity index (χ4n) is 2.03. The van der Waals surface area contributed by atoms with Gasteiger partial charge in [0.25, 0.3) is 0 Å². The highest BCUT2D eigenvalue weighted by Gasteiger charge is 2.33. The topological polar surface area (TPSA) is 47.6 Å². The Morgan fingerprint density at radius 1 is 1.00 bits per heavy atom. The SMILES string of the molecule is CC(C)(C)C(c1ccccc1)C(C#N)C#N. The zero-order valence-corrected chi connectivity index (χ0v) is 9.94. The molecule has 1 aromatic rings. The lowest BCUT2D eigenvalue weighted by molar-refractivity contribution is 0.294. The third-order valence-electron chi connectivity index (χ3n) is 2.70. The van der Waals surface area contributed by atoms with Crippen LogP contribution in [0.2, 0.25) is 0 Å². The van der Waals surface area contributed by atoms with Gasteiger partial charge in [-0.05, 0) is 11.0 Å². The van der Waals surface area contributed by atoms with E-state index in [1.807, 2.05) is 30.3 Å². The largest absolute Gasteiger partial charge is 0.197 e. The molecule has 2 nitrogen and oxygen atoms in total. The summed E-state index contributed by atoms with van der Waals surface area (Å²) in [5.41, 5.74) is 0.959. The molecule has 0 aromatic heterocycles. The Hall–Kier alpha value is -1.80. The summed E-state index contributed by atoms with van der Waals surface area (Å²) in [7, 11) is 0. The maximum absolute atomic E-state index is 9.05. The van der Waals surface area contributed by atoms with Gasteiger partial charge in [0, 0.05) is 5.92 Å². The molecular weight excluding hydrogens is 196 g/mol. The number of rotatable bonds is 2. The zero-order valence-electron chi connectivity index (χ0n) is 9.94. The van der Waals surface area contributed by atoms with Crippen molar-refractivity contribution in [3.05, 3.63) is 35.9 Å². The highest BCUT2D eigenvalue weighted by Crippen LogP contribution is 2.40. The monoisotopic (exact) mass is 212 g/mol. The lowest BCUT2D eigenvalue weighted by atomic mass is 9.70. The first-order valence-corrected chi connectivity index (χ1v) is 5.35. The third kappa shape index (κ3) is 2.61. The van der Waals surface area contributed by atoms with Crippen molar-refractivity contribution in [2.45, 2.75) is 26.7 Å². The van der Waals surface area contributed by atoms with Gasteiger partial charge in [-0.25, -0.2) is 0 Å². The van der Waals surface area contributed by atoms with Gasteiger partial charge in [-0.1, -0.05) is 51.1 Å². The van der Waals surface area contributed by atoms with Crippen molar-refractivity contribution >= 4 is 0 Å². The van der Waals surface area contributed by atoms with E-state index in [1.54, 1.807) is 0 Å². The molecule has 0 aliphatic carbocycles. The van der Waals surface area contributed by atoms with Crippen LogP contribution in [-0.2, 0) is 0 Å². The van der Waals surface area contributed by atoms with E-state index in [0.29, 0.717) is 0 Å². The molecule has 0 N–H and O–H groups in total. The smallest absolute Gasteiger partial charge is 0.140 e. The van der Waals surface area contributed by atoms with Gasteiger partial charge in [0.1, 0.15) is 5.92 Å². The zero-order chi connectivity index (χ0) is 12.2. The summed E-state index contributed by atoms with van der Waals surface area (Å²) >= 11 is 0. The maximum Gasteiger partial charge on any atom is 0.140 e. The molecular formula is C14H16N2. The van der Waals surface area contributed by atoms with Crippen molar-refractivity contribution < 1.29 is 0 Å². The van der Waals surface area contributed by atoms with E-state index in [9.17, 15) is 0 Å². The average molecular weight is 212 g/mol. The van der Waals surface area contributed by atoms with E-state index < -0.39 is 5.92 Å². The first-order valence-electron chi connectivity index (χ1n) is 5.35. The second kappa shape index (κ2) is 4.81. The molecule has 16 heavy (non-hydrogen) atoms. The second-order valence-corrected chi connectivity index (χ2v) is 4.99. The molecule has 0 saturated heterocycles. The molecule has 0 heterocycles. The summed E-state index contributed by atoms with van der Waals surface area (Å²) in [5.74, 6) is -0.647. The minimum atomic E-state index is -0.595. The molecule has 1 rings (SSSR count). The number of benzene rings is 1. The molecule has 0 aliphatic heterocycles. The Balaban J connectivity index is 3.19. The van der Waals surface area contributed by atoms with E-state index in [0.717, 1.165) is 5.56 Å². The fraction of sp³-hybridized carbons (Fsp3) is 0.429. The molecule has 1 atom stereocenters. The summed E-state index contributed by atoms with van der Waals surface area (Å²) < 4.78 is 0. The van der Waals surface area contributed by atoms with Crippen LogP contribution in [0, 0.1) is 34.0 Å². The van der Waals surface area contributed by atoms with Gasteiger partial charge < -0.3 is 0 Å². The van der Waals surface area contributed by atoms with E-state index in [2.05, 4.69) is 32.9 Å². The predicted molar refractivity (Wildman–Crippen MR) is 63.4 cm³/mol. The molecule has 0 radical (unpaired) electrons. The molecule has 2 heteroatoms. The van der Waals surface area contributed by atoms with E-state index in [4.69, 9.17) is 10.5 Å². The third-order valence-corrected chi connectivity index (χ3v) is 2.70. The van der Waals surface area contributed by atoms with E-state index in [1.165, 1.54) is 0 Å². The molecule has 0 fully saturated rings. The quantitative estimate of drug-likeness (QED) is 0.753. The van der Waals surface area contributed by atoms with E-state index >= 15 is 0 Å². The van der Waals surface area contributed by atoms with Gasteiger partial charge in [0.15, 0.2) is 0 Å². The Morgan fingerprint density at radius 3 is 1.88 bits per heavy atom. The van der Waals surface area contributed by atoms with Crippen LogP contribution in [0.4, 0.5) is 0 Å². The first kappa shape index (κ1) is 12.3. The Morgan fingerprint density at radius 2 is 1.50 bits per heavy atom. The molecule has 1 aromatic carbocycles. The van der Waals surface area contributed by atoms with Crippen molar-refractivity contribution in [2.75, 3.05) is 0 Å². The second-order valence-electron chi connectivity index (χ2n) is 4.99. The summed E-state index contributed by atoms with van der Waals surface area (Å²) in [6, 6.07) is 14.0. The van der Waals surface area contributed by atoms with E-state index in [-0.39, 0.29) is 11.3 Å². The number of nitriles is 2. The van der Waals surface area contributed by atoms with Gasteiger partial charge in [-0.15, -0.1) is 0 Å². The highest BCUT2D eigenvalue weighted by molar-refractivity contribution is 5.27. The lowest BCUT2D eigenvalue weighted by Gasteiger charge is -2.31. The summed E-state index contributed by atoms with van der Waals surface area (Å²) in [6.45, 7) is 6.19. The van der Waals surface area contributed by atoms with Crippen molar-refractivity contribution in [1.82, 2.24) is 0 Å². The maximum atomic E-state index is 9.05. The van der Waals surface area contributed by atoms with Gasteiger partial charge in [0.05, 0.1) is 12.1 Å². The van der Waals surface area contributed by atoms with Crippen LogP contribution in [-0.4, -0.2) is 0 Å². The number of nitrogens with zero attached hydrogens (tertiary/aromatic N) is 2. The van der Waals surface area contributed by atoms with Crippen LogP contribution in [0.1, 0.15) is 32.3 Å². The highest BCUT2D eigenvalue weighted by atomic mass is 14.4. The molecule has 82 valence electrons. The van der Waals surface area contributed by atoms with Crippen LogP contribution >= 0.6 is 0 Å². The summed E-state index contributed by atoms with van der Waals surface area (Å²) in [6.07, 6.45) is 0. The van der Waals surface area contributed by atoms with Gasteiger partial charge in [-0.2, -0.15) is 10.5 Å². The Bertz CT molecular complexity index is 401. The lowest BCUT2D eigenvalue weighted by Crippen LogP contribution is -2.24. The normalized spacial score (nSPS) is 12.9. The minimum Gasteiger partial charge on any atom is -0.197 e. The van der Waals surface area contributed by atoms with Crippen molar-refractivity contribution in [3.63, 3.8) is 0 Å². The standard InChI is InChI=1S/C14H16N2/c1-14(2,3)13(12(9-15)10-16)11-7-5-4-6-8-11/h4-8,12-13H,1-3H3. The molecule has 0 aliphatic rings. The molecule has 0 bridgehead atoms. The van der Waals surface area contributed by atoms with Gasteiger partial charge in [0.2, 0.25) is 0 Å². The first-order chi connectivity index (χ1) is 7.50. The fourth-order valence-corrected chi connectivity index (χ4v) is 2.03. The van der Waals surface area contributed by atoms with Crippen molar-refractivity contribution in [2.24, 2.45) is 11.3 Å². The van der Waals surface area contributed by atoms with Crippen LogP contribution in [0.15, 0.2) is 30.3 Å². The molecule has 1 unspecified atom stereocenters.